The van der Waals surface area contributed by atoms with Gasteiger partial charge in [-0.3, -0.25) is 0 Å². The van der Waals surface area contributed by atoms with E-state index < -0.39 is 0 Å². The highest BCUT2D eigenvalue weighted by Gasteiger charge is 2.32. The Labute approximate surface area is 182 Å². The molecule has 0 N–H and O–H groups in total. The van der Waals surface area contributed by atoms with Crippen molar-refractivity contribution >= 4 is 38.9 Å². The molecule has 1 aliphatic heterocycles. The van der Waals surface area contributed by atoms with Gasteiger partial charge in [-0.05, 0) is 61.9 Å². The van der Waals surface area contributed by atoms with Crippen molar-refractivity contribution in [2.45, 2.75) is 20.0 Å². The summed E-state index contributed by atoms with van der Waals surface area (Å²) < 4.78 is 2.38. The fourth-order valence-electron chi connectivity index (χ4n) is 5.10. The van der Waals surface area contributed by atoms with Crippen LogP contribution in [0, 0.1) is 6.92 Å². The van der Waals surface area contributed by atoms with Gasteiger partial charge in [-0.15, -0.1) is 0 Å². The third-order valence-corrected chi connectivity index (χ3v) is 6.72. The number of fused-ring (bicyclic) bond motifs is 4. The predicted octanol–water partition coefficient (Wildman–Crippen LogP) is 7.03. The molecule has 0 unspecified atom stereocenters. The van der Waals surface area contributed by atoms with E-state index in [1.807, 2.05) is 0 Å². The zero-order valence-electron chi connectivity index (χ0n) is 18.1. The van der Waals surface area contributed by atoms with Crippen molar-refractivity contribution in [1.29, 1.82) is 0 Å². The van der Waals surface area contributed by atoms with Gasteiger partial charge < -0.3 is 14.4 Å². The number of para-hydroxylation sites is 4. The molecule has 3 nitrogen and oxygen atoms in total. The number of hydrogen-bond donors (Lipinski definition) is 0. The van der Waals surface area contributed by atoms with Crippen molar-refractivity contribution in [3.05, 3.63) is 96.6 Å². The van der Waals surface area contributed by atoms with Gasteiger partial charge in [0.15, 0.2) is 0 Å². The Kier molecular flexibility index (Phi) is 3.87. The van der Waals surface area contributed by atoms with Crippen LogP contribution in [0.1, 0.15) is 12.5 Å². The molecule has 0 saturated heterocycles. The van der Waals surface area contributed by atoms with E-state index in [1.54, 1.807) is 0 Å². The van der Waals surface area contributed by atoms with E-state index in [0.29, 0.717) is 0 Å². The maximum Gasteiger partial charge on any atom is 0.103 e. The molecular weight excluding hydrogens is 378 g/mol. The lowest BCUT2D eigenvalue weighted by molar-refractivity contribution is 0.733. The average molecular weight is 404 g/mol. The van der Waals surface area contributed by atoms with Gasteiger partial charge >= 0.3 is 0 Å². The standard InChI is InChI=1S/C28H25N3/c1-19-17-28-23(18-27(19)30-20(2)29(3)25-15-9-10-16-26(25)30)22-13-7-8-14-24(22)31(28)21-11-5-4-6-12-21/h4-18,20H,1-3H3/t20-/m0/s1. The molecule has 0 fully saturated rings. The molecular formula is C28H25N3. The number of aryl methyl sites for hydroxylation is 1. The number of rotatable bonds is 2. The van der Waals surface area contributed by atoms with Gasteiger partial charge in [0.25, 0.3) is 0 Å². The molecule has 31 heavy (non-hydrogen) atoms. The Morgan fingerprint density at radius 3 is 2.13 bits per heavy atom. The molecule has 0 aliphatic carbocycles. The highest BCUT2D eigenvalue weighted by atomic mass is 15.4. The lowest BCUT2D eigenvalue weighted by atomic mass is 10.1. The van der Waals surface area contributed by atoms with Gasteiger partial charge in [-0.2, -0.15) is 0 Å². The maximum atomic E-state index is 2.47. The topological polar surface area (TPSA) is 11.4 Å². The number of aromatic nitrogens is 1. The van der Waals surface area contributed by atoms with E-state index in [4.69, 9.17) is 0 Å². The van der Waals surface area contributed by atoms with Crippen LogP contribution in [0.2, 0.25) is 0 Å². The van der Waals surface area contributed by atoms with E-state index in [-0.39, 0.29) is 6.17 Å². The van der Waals surface area contributed by atoms with E-state index in [1.165, 1.54) is 50.1 Å². The number of benzene rings is 4. The molecule has 0 amide bonds. The summed E-state index contributed by atoms with van der Waals surface area (Å²) in [6.07, 6.45) is 0.260. The van der Waals surface area contributed by atoms with E-state index in [0.717, 1.165) is 0 Å². The monoisotopic (exact) mass is 403 g/mol. The molecule has 152 valence electrons. The first-order chi connectivity index (χ1) is 15.1. The Morgan fingerprint density at radius 2 is 1.32 bits per heavy atom. The molecule has 1 aliphatic rings. The van der Waals surface area contributed by atoms with Crippen LogP contribution >= 0.6 is 0 Å². The molecule has 4 aromatic carbocycles. The first kappa shape index (κ1) is 18.1. The molecule has 1 aromatic heterocycles. The molecule has 5 aromatic rings. The summed E-state index contributed by atoms with van der Waals surface area (Å²) in [5.74, 6) is 0. The molecule has 2 heterocycles. The van der Waals surface area contributed by atoms with Crippen LogP contribution in [0.4, 0.5) is 17.1 Å². The summed E-state index contributed by atoms with van der Waals surface area (Å²) in [4.78, 5) is 4.82. The first-order valence-corrected chi connectivity index (χ1v) is 10.9. The number of hydrogen-bond acceptors (Lipinski definition) is 2. The lowest BCUT2D eigenvalue weighted by Gasteiger charge is -2.29. The Morgan fingerprint density at radius 1 is 0.645 bits per heavy atom. The van der Waals surface area contributed by atoms with Crippen LogP contribution in [-0.2, 0) is 0 Å². The van der Waals surface area contributed by atoms with Crippen molar-refractivity contribution in [1.82, 2.24) is 4.57 Å². The second-order valence-corrected chi connectivity index (χ2v) is 8.45. The molecule has 0 radical (unpaired) electrons. The van der Waals surface area contributed by atoms with Crippen molar-refractivity contribution in [2.24, 2.45) is 0 Å². The highest BCUT2D eigenvalue weighted by molar-refractivity contribution is 6.11. The summed E-state index contributed by atoms with van der Waals surface area (Å²) in [5, 5.41) is 2.58. The summed E-state index contributed by atoms with van der Waals surface area (Å²) in [7, 11) is 2.18. The second-order valence-electron chi connectivity index (χ2n) is 8.45. The van der Waals surface area contributed by atoms with Crippen LogP contribution in [-0.4, -0.2) is 17.8 Å². The third-order valence-electron chi connectivity index (χ3n) is 6.72. The van der Waals surface area contributed by atoms with Gasteiger partial charge in [0.1, 0.15) is 6.17 Å². The minimum Gasteiger partial charge on any atom is -0.353 e. The Bertz CT molecular complexity index is 1430. The third kappa shape index (κ3) is 2.53. The predicted molar refractivity (Wildman–Crippen MR) is 132 cm³/mol. The summed E-state index contributed by atoms with van der Waals surface area (Å²) in [6, 6.07) is 32.8. The van der Waals surface area contributed by atoms with E-state index >= 15 is 0 Å². The number of anilines is 3. The fraction of sp³-hybridized carbons (Fsp3) is 0.143. The zero-order valence-corrected chi connectivity index (χ0v) is 18.1. The Hall–Kier alpha value is -3.72. The molecule has 6 rings (SSSR count). The second kappa shape index (κ2) is 6.64. The summed E-state index contributed by atoms with van der Waals surface area (Å²) in [6.45, 7) is 4.51. The van der Waals surface area contributed by atoms with Crippen molar-refractivity contribution in [3.8, 4) is 5.69 Å². The minimum atomic E-state index is 0.260. The van der Waals surface area contributed by atoms with Gasteiger partial charge in [0, 0.05) is 29.2 Å². The molecule has 0 saturated carbocycles. The maximum absolute atomic E-state index is 2.47. The smallest absolute Gasteiger partial charge is 0.103 e. The molecule has 1 atom stereocenters. The normalized spacial score (nSPS) is 15.8. The van der Waals surface area contributed by atoms with Crippen LogP contribution in [0.3, 0.4) is 0 Å². The minimum absolute atomic E-state index is 0.260. The Balaban J connectivity index is 1.65. The van der Waals surface area contributed by atoms with Gasteiger partial charge in [0.05, 0.1) is 22.4 Å². The van der Waals surface area contributed by atoms with Crippen LogP contribution in [0.5, 0.6) is 0 Å². The lowest BCUT2D eigenvalue weighted by Crippen LogP contribution is -2.35. The van der Waals surface area contributed by atoms with Crippen LogP contribution < -0.4 is 9.80 Å². The summed E-state index contributed by atoms with van der Waals surface area (Å²) in [5.41, 5.74) is 8.79. The van der Waals surface area contributed by atoms with Crippen molar-refractivity contribution in [2.75, 3.05) is 16.8 Å². The largest absolute Gasteiger partial charge is 0.353 e. The van der Waals surface area contributed by atoms with Crippen LogP contribution in [0.15, 0.2) is 91.0 Å². The SMILES string of the molecule is Cc1cc2c(cc1N1c3ccccc3N(C)[C@@H]1C)c1ccccc1n2-c1ccccc1. The average Bonchev–Trinajstić information content (AvgIpc) is 3.25. The fourth-order valence-corrected chi connectivity index (χ4v) is 5.10. The zero-order chi connectivity index (χ0) is 21.1. The summed E-state index contributed by atoms with van der Waals surface area (Å²) >= 11 is 0. The van der Waals surface area contributed by atoms with Crippen LogP contribution in [0.25, 0.3) is 27.5 Å². The van der Waals surface area contributed by atoms with Crippen molar-refractivity contribution < 1.29 is 0 Å². The molecule has 0 spiro atoms. The van der Waals surface area contributed by atoms with E-state index in [9.17, 15) is 0 Å². The van der Waals surface area contributed by atoms with Gasteiger partial charge in [0.2, 0.25) is 0 Å². The highest BCUT2D eigenvalue weighted by Crippen LogP contribution is 2.46. The van der Waals surface area contributed by atoms with Gasteiger partial charge in [-0.1, -0.05) is 48.5 Å². The first-order valence-electron chi connectivity index (χ1n) is 10.9. The molecule has 0 bridgehead atoms. The van der Waals surface area contributed by atoms with Gasteiger partial charge in [-0.25, -0.2) is 0 Å². The van der Waals surface area contributed by atoms with Crippen molar-refractivity contribution in [3.63, 3.8) is 0 Å². The number of nitrogens with zero attached hydrogens (tertiary/aromatic N) is 3. The quantitative estimate of drug-likeness (QED) is 0.314. The molecule has 3 heteroatoms. The van der Waals surface area contributed by atoms with E-state index in [2.05, 4.69) is 126 Å².